The van der Waals surface area contributed by atoms with Gasteiger partial charge >= 0.3 is 5.97 Å². The quantitative estimate of drug-likeness (QED) is 0.0783. The largest absolute Gasteiger partial charge is 0.463 e. The van der Waals surface area contributed by atoms with Gasteiger partial charge < -0.3 is 38.6 Å². The number of rotatable bonds is 34. The van der Waals surface area contributed by atoms with Crippen LogP contribution in [-0.2, 0) is 33.2 Å². The van der Waals surface area contributed by atoms with Crippen molar-refractivity contribution in [1.82, 2.24) is 0 Å². The molecule has 0 bridgehead atoms. The maximum Gasteiger partial charge on any atom is 0.305 e. The fraction of sp³-hybridized carbons (Fsp3) is 0.968. The van der Waals surface area contributed by atoms with Gasteiger partial charge in [0.1, 0.15) is 12.7 Å². The lowest BCUT2D eigenvalue weighted by Crippen LogP contribution is -2.21. The molecular weight excluding hydrogens is 516 g/mol. The average molecular weight is 579 g/mol. The maximum absolute atomic E-state index is 11.8. The number of ether oxygens (including phenoxy) is 6. The summed E-state index contributed by atoms with van der Waals surface area (Å²) in [7, 11) is 0. The molecule has 0 aliphatic carbocycles. The van der Waals surface area contributed by atoms with Gasteiger partial charge in [0.25, 0.3) is 0 Å². The highest BCUT2D eigenvalue weighted by Crippen LogP contribution is 2.13. The van der Waals surface area contributed by atoms with Crippen molar-refractivity contribution in [2.75, 3.05) is 79.3 Å². The summed E-state index contributed by atoms with van der Waals surface area (Å²) in [6, 6.07) is 0. The fourth-order valence-corrected chi connectivity index (χ4v) is 4.08. The van der Waals surface area contributed by atoms with Crippen molar-refractivity contribution in [3.8, 4) is 0 Å². The van der Waals surface area contributed by atoms with Crippen LogP contribution in [0.5, 0.6) is 0 Å². The number of aliphatic hydroxyl groups excluding tert-OH is 2. The third-order valence-corrected chi connectivity index (χ3v) is 6.48. The minimum atomic E-state index is -0.843. The van der Waals surface area contributed by atoms with Crippen LogP contribution in [0, 0.1) is 0 Å². The highest BCUT2D eigenvalue weighted by atomic mass is 16.6. The van der Waals surface area contributed by atoms with E-state index in [0.29, 0.717) is 65.9 Å². The molecule has 2 N–H and O–H groups in total. The Labute approximate surface area is 244 Å². The molecule has 0 heterocycles. The molecular formula is C31H62O9. The second-order valence-corrected chi connectivity index (χ2v) is 10.3. The summed E-state index contributed by atoms with van der Waals surface area (Å²) in [6.45, 7) is 6.26. The van der Waals surface area contributed by atoms with E-state index in [1.165, 1.54) is 83.5 Å². The summed E-state index contributed by atoms with van der Waals surface area (Å²) in [5.74, 6) is -0.135. The highest BCUT2D eigenvalue weighted by Gasteiger charge is 2.03. The topological polar surface area (TPSA) is 113 Å². The first-order chi connectivity index (χ1) is 19.7. The standard InChI is InChI=1S/C31H62O9/c1-2-3-4-5-6-7-8-9-10-11-12-13-14-15-16-17-31(34)40-27-26-38-23-22-36-19-18-35-20-21-37-24-25-39-29-30(33)28-32/h30,32-33H,2-29H2,1H3. The fourth-order valence-electron chi connectivity index (χ4n) is 4.08. The lowest BCUT2D eigenvalue weighted by Gasteiger charge is -2.09. The number of hydrogen-bond acceptors (Lipinski definition) is 9. The van der Waals surface area contributed by atoms with Gasteiger partial charge in [0.15, 0.2) is 0 Å². The third kappa shape index (κ3) is 33.4. The van der Waals surface area contributed by atoms with Crippen LogP contribution in [0.2, 0.25) is 0 Å². The molecule has 240 valence electrons. The van der Waals surface area contributed by atoms with Gasteiger partial charge in [-0.1, -0.05) is 96.8 Å². The lowest BCUT2D eigenvalue weighted by molar-refractivity contribution is -0.145. The predicted octanol–water partition coefficient (Wildman–Crippen LogP) is 5.23. The molecule has 40 heavy (non-hydrogen) atoms. The molecule has 1 atom stereocenters. The van der Waals surface area contributed by atoms with Crippen LogP contribution in [0.15, 0.2) is 0 Å². The summed E-state index contributed by atoms with van der Waals surface area (Å²) in [5.41, 5.74) is 0. The lowest BCUT2D eigenvalue weighted by atomic mass is 10.0. The van der Waals surface area contributed by atoms with E-state index in [2.05, 4.69) is 6.92 Å². The molecule has 9 heteroatoms. The first kappa shape index (κ1) is 39.2. The first-order valence-corrected chi connectivity index (χ1v) is 16.0. The number of esters is 1. The van der Waals surface area contributed by atoms with Gasteiger partial charge in [-0.25, -0.2) is 0 Å². The van der Waals surface area contributed by atoms with Crippen molar-refractivity contribution in [3.05, 3.63) is 0 Å². The van der Waals surface area contributed by atoms with Gasteiger partial charge in [0.05, 0.1) is 72.7 Å². The molecule has 9 nitrogen and oxygen atoms in total. The van der Waals surface area contributed by atoms with Crippen molar-refractivity contribution in [2.45, 2.75) is 116 Å². The molecule has 0 aliphatic rings. The molecule has 0 saturated carbocycles. The Bertz CT molecular complexity index is 493. The van der Waals surface area contributed by atoms with E-state index in [1.807, 2.05) is 0 Å². The summed E-state index contributed by atoms with van der Waals surface area (Å²) in [5, 5.41) is 17.8. The SMILES string of the molecule is CCCCCCCCCCCCCCCCCC(=O)OCCOCCOCCOCCOCCOCC(O)CO. The van der Waals surface area contributed by atoms with E-state index in [4.69, 9.17) is 38.6 Å². The Morgan fingerprint density at radius 1 is 0.525 bits per heavy atom. The van der Waals surface area contributed by atoms with Gasteiger partial charge in [-0.05, 0) is 6.42 Å². The van der Waals surface area contributed by atoms with Gasteiger partial charge in [-0.2, -0.15) is 0 Å². The summed E-state index contributed by atoms with van der Waals surface area (Å²) >= 11 is 0. The van der Waals surface area contributed by atoms with E-state index < -0.39 is 6.10 Å². The molecule has 0 aliphatic heterocycles. The molecule has 0 aromatic rings. The zero-order valence-corrected chi connectivity index (χ0v) is 25.6. The Hall–Kier alpha value is -0.810. The minimum absolute atomic E-state index is 0.0994. The predicted molar refractivity (Wildman–Crippen MR) is 158 cm³/mol. The van der Waals surface area contributed by atoms with E-state index in [1.54, 1.807) is 0 Å². The molecule has 0 saturated heterocycles. The highest BCUT2D eigenvalue weighted by molar-refractivity contribution is 5.69. The smallest absolute Gasteiger partial charge is 0.305 e. The molecule has 0 spiro atoms. The van der Waals surface area contributed by atoms with Crippen LogP contribution in [0.3, 0.4) is 0 Å². The zero-order valence-electron chi connectivity index (χ0n) is 25.6. The van der Waals surface area contributed by atoms with Crippen molar-refractivity contribution in [1.29, 1.82) is 0 Å². The summed E-state index contributed by atoms with van der Waals surface area (Å²) in [6.07, 6.45) is 19.4. The second kappa shape index (κ2) is 34.4. The van der Waals surface area contributed by atoms with E-state index in [-0.39, 0.29) is 25.8 Å². The summed E-state index contributed by atoms with van der Waals surface area (Å²) in [4.78, 5) is 11.8. The van der Waals surface area contributed by atoms with E-state index in [0.717, 1.165) is 12.8 Å². The average Bonchev–Trinajstić information content (AvgIpc) is 2.96. The van der Waals surface area contributed by atoms with Crippen LogP contribution < -0.4 is 0 Å². The molecule has 0 rings (SSSR count). The maximum atomic E-state index is 11.8. The van der Waals surface area contributed by atoms with Gasteiger partial charge in [0, 0.05) is 6.42 Å². The van der Waals surface area contributed by atoms with Crippen LogP contribution >= 0.6 is 0 Å². The van der Waals surface area contributed by atoms with Crippen LogP contribution in [0.25, 0.3) is 0 Å². The van der Waals surface area contributed by atoms with Crippen molar-refractivity contribution < 1.29 is 43.4 Å². The zero-order chi connectivity index (χ0) is 29.2. The normalized spacial score (nSPS) is 12.2. The number of carbonyl (C=O) groups is 1. The molecule has 1 unspecified atom stereocenters. The van der Waals surface area contributed by atoms with Crippen LogP contribution in [-0.4, -0.2) is 102 Å². The number of carbonyl (C=O) groups excluding carboxylic acids is 1. The Morgan fingerprint density at radius 3 is 1.27 bits per heavy atom. The van der Waals surface area contributed by atoms with Crippen molar-refractivity contribution in [3.63, 3.8) is 0 Å². The Kier molecular flexibility index (Phi) is 33.7. The van der Waals surface area contributed by atoms with Gasteiger partial charge in [-0.3, -0.25) is 4.79 Å². The molecule has 0 fully saturated rings. The van der Waals surface area contributed by atoms with E-state index in [9.17, 15) is 4.79 Å². The van der Waals surface area contributed by atoms with Gasteiger partial charge in [-0.15, -0.1) is 0 Å². The van der Waals surface area contributed by atoms with Crippen molar-refractivity contribution in [2.24, 2.45) is 0 Å². The number of hydrogen-bond donors (Lipinski definition) is 2. The number of unbranched alkanes of at least 4 members (excludes halogenated alkanes) is 14. The number of aliphatic hydroxyl groups is 2. The molecule has 0 aromatic heterocycles. The van der Waals surface area contributed by atoms with E-state index >= 15 is 0 Å². The molecule has 0 radical (unpaired) electrons. The van der Waals surface area contributed by atoms with Gasteiger partial charge in [0.2, 0.25) is 0 Å². The van der Waals surface area contributed by atoms with Crippen molar-refractivity contribution >= 4 is 5.97 Å². The Balaban J connectivity index is 3.15. The second-order valence-electron chi connectivity index (χ2n) is 10.3. The molecule has 0 aromatic carbocycles. The Morgan fingerprint density at radius 2 is 0.875 bits per heavy atom. The minimum Gasteiger partial charge on any atom is -0.463 e. The van der Waals surface area contributed by atoms with Crippen LogP contribution in [0.4, 0.5) is 0 Å². The van der Waals surface area contributed by atoms with Crippen LogP contribution in [0.1, 0.15) is 110 Å². The molecule has 0 amide bonds. The first-order valence-electron chi connectivity index (χ1n) is 16.0. The third-order valence-electron chi connectivity index (χ3n) is 6.48. The summed E-state index contributed by atoms with van der Waals surface area (Å²) < 4.78 is 31.9. The monoisotopic (exact) mass is 578 g/mol.